The monoisotopic (exact) mass is 197 g/mol. The largest absolute Gasteiger partial charge is 0.494 e. The number of ether oxygens (including phenoxy) is 1. The van der Waals surface area contributed by atoms with Crippen LogP contribution in [0.3, 0.4) is 0 Å². The van der Waals surface area contributed by atoms with Gasteiger partial charge < -0.3 is 10.1 Å². The molecule has 1 N–H and O–H groups in total. The first-order valence-corrected chi connectivity index (χ1v) is 4.51. The highest BCUT2D eigenvalue weighted by Crippen LogP contribution is 2.39. The Kier molecular flexibility index (Phi) is 2.23. The molecular formula is C9H12FN3O. The third kappa shape index (κ3) is 2.10. The highest BCUT2D eigenvalue weighted by Gasteiger charge is 2.42. The summed E-state index contributed by atoms with van der Waals surface area (Å²) in [5.41, 5.74) is -1.02. The van der Waals surface area contributed by atoms with Crippen LogP contribution in [0.2, 0.25) is 0 Å². The van der Waals surface area contributed by atoms with Gasteiger partial charge in [-0.1, -0.05) is 0 Å². The molecule has 0 saturated heterocycles. The lowest BCUT2D eigenvalue weighted by molar-refractivity contribution is 0.326. The van der Waals surface area contributed by atoms with Crippen LogP contribution in [0.1, 0.15) is 12.8 Å². The van der Waals surface area contributed by atoms with Gasteiger partial charge in [0, 0.05) is 0 Å². The molecule has 1 fully saturated rings. The lowest BCUT2D eigenvalue weighted by Crippen LogP contribution is -2.17. The number of methoxy groups -OCH3 is 1. The minimum atomic E-state index is -1.02. The Morgan fingerprint density at radius 2 is 2.14 bits per heavy atom. The predicted octanol–water partition coefficient (Wildman–Crippen LogP) is 1.40. The van der Waals surface area contributed by atoms with Gasteiger partial charge in [-0.15, -0.1) is 0 Å². The summed E-state index contributed by atoms with van der Waals surface area (Å²) in [6, 6.07) is 0. The molecule has 4 nitrogen and oxygen atoms in total. The average molecular weight is 197 g/mol. The van der Waals surface area contributed by atoms with E-state index in [0.717, 1.165) is 0 Å². The number of rotatable bonds is 4. The van der Waals surface area contributed by atoms with Crippen molar-refractivity contribution in [3.8, 4) is 5.75 Å². The van der Waals surface area contributed by atoms with Crippen LogP contribution in [0.15, 0.2) is 12.4 Å². The van der Waals surface area contributed by atoms with Gasteiger partial charge in [-0.25, -0.2) is 14.4 Å². The van der Waals surface area contributed by atoms with Crippen molar-refractivity contribution in [1.82, 2.24) is 9.97 Å². The highest BCUT2D eigenvalue weighted by molar-refractivity contribution is 5.28. The lowest BCUT2D eigenvalue weighted by Gasteiger charge is -2.07. The summed E-state index contributed by atoms with van der Waals surface area (Å²) in [7, 11) is 1.55. The molecule has 5 heteroatoms. The Hall–Kier alpha value is -1.39. The summed E-state index contributed by atoms with van der Waals surface area (Å²) in [6.45, 7) is 0.291. The molecule has 14 heavy (non-hydrogen) atoms. The van der Waals surface area contributed by atoms with Crippen LogP contribution in [0, 0.1) is 0 Å². The quantitative estimate of drug-likeness (QED) is 0.792. The number of hydrogen-bond acceptors (Lipinski definition) is 4. The molecule has 1 heterocycles. The van der Waals surface area contributed by atoms with Crippen molar-refractivity contribution < 1.29 is 9.13 Å². The molecule has 0 unspecified atom stereocenters. The summed E-state index contributed by atoms with van der Waals surface area (Å²) in [5.74, 6) is 1.03. The maximum Gasteiger partial charge on any atom is 0.222 e. The number of halogens is 1. The van der Waals surface area contributed by atoms with Gasteiger partial charge in [-0.05, 0) is 12.8 Å². The third-order valence-electron chi connectivity index (χ3n) is 2.22. The highest BCUT2D eigenvalue weighted by atomic mass is 19.1. The van der Waals surface area contributed by atoms with Crippen LogP contribution < -0.4 is 10.1 Å². The molecule has 2 rings (SSSR count). The Morgan fingerprint density at radius 3 is 2.64 bits per heavy atom. The van der Waals surface area contributed by atoms with Crippen LogP contribution >= 0.6 is 0 Å². The zero-order chi connectivity index (χ0) is 10.0. The first-order valence-electron chi connectivity index (χ1n) is 4.51. The fourth-order valence-electron chi connectivity index (χ4n) is 1.06. The number of alkyl halides is 1. The molecule has 0 amide bonds. The maximum absolute atomic E-state index is 13.2. The zero-order valence-electron chi connectivity index (χ0n) is 7.96. The van der Waals surface area contributed by atoms with E-state index in [1.165, 1.54) is 0 Å². The number of nitrogens with zero attached hydrogens (tertiary/aromatic N) is 2. The van der Waals surface area contributed by atoms with E-state index in [-0.39, 0.29) is 0 Å². The fourth-order valence-corrected chi connectivity index (χ4v) is 1.06. The van der Waals surface area contributed by atoms with Crippen molar-refractivity contribution in [1.29, 1.82) is 0 Å². The SMILES string of the molecule is COc1cnc(NCC2(F)CC2)nc1. The number of anilines is 1. The normalized spacial score (nSPS) is 17.6. The van der Waals surface area contributed by atoms with E-state index in [4.69, 9.17) is 4.74 Å². The van der Waals surface area contributed by atoms with Crippen molar-refractivity contribution in [3.05, 3.63) is 12.4 Å². The van der Waals surface area contributed by atoms with Gasteiger partial charge in [0.05, 0.1) is 26.0 Å². The molecular weight excluding hydrogens is 185 g/mol. The zero-order valence-corrected chi connectivity index (χ0v) is 7.96. The van der Waals surface area contributed by atoms with Crippen LogP contribution in [-0.4, -0.2) is 29.3 Å². The maximum atomic E-state index is 13.2. The van der Waals surface area contributed by atoms with Gasteiger partial charge in [0.2, 0.25) is 5.95 Å². The molecule has 0 bridgehead atoms. The van der Waals surface area contributed by atoms with E-state index < -0.39 is 5.67 Å². The van der Waals surface area contributed by atoms with E-state index in [1.807, 2.05) is 0 Å². The second kappa shape index (κ2) is 3.40. The molecule has 0 aromatic carbocycles. The molecule has 1 aromatic rings. The van der Waals surface area contributed by atoms with Crippen molar-refractivity contribution >= 4 is 5.95 Å². The van der Waals surface area contributed by atoms with Gasteiger partial charge in [0.15, 0.2) is 5.75 Å². The Balaban J connectivity index is 1.89. The smallest absolute Gasteiger partial charge is 0.222 e. The van der Waals surface area contributed by atoms with Crippen molar-refractivity contribution in [3.63, 3.8) is 0 Å². The van der Waals surface area contributed by atoms with E-state index in [2.05, 4.69) is 15.3 Å². The molecule has 1 saturated carbocycles. The molecule has 0 radical (unpaired) electrons. The summed E-state index contributed by atoms with van der Waals surface area (Å²) in [6.07, 6.45) is 4.37. The standard InChI is InChI=1S/C9H12FN3O/c1-14-7-4-11-8(12-5-7)13-6-9(10)2-3-9/h4-5H,2-3,6H2,1H3,(H,11,12,13). The van der Waals surface area contributed by atoms with E-state index in [1.54, 1.807) is 19.5 Å². The third-order valence-corrected chi connectivity index (χ3v) is 2.22. The predicted molar refractivity (Wildman–Crippen MR) is 50.1 cm³/mol. The Bertz CT molecular complexity index is 310. The van der Waals surface area contributed by atoms with Crippen LogP contribution in [0.5, 0.6) is 5.75 Å². The number of aromatic nitrogens is 2. The van der Waals surface area contributed by atoms with Crippen LogP contribution in [-0.2, 0) is 0 Å². The molecule has 1 aliphatic carbocycles. The van der Waals surface area contributed by atoms with E-state index in [0.29, 0.717) is 31.1 Å². The summed E-state index contributed by atoms with van der Waals surface area (Å²) in [5, 5.41) is 2.85. The Morgan fingerprint density at radius 1 is 1.50 bits per heavy atom. The van der Waals surface area contributed by atoms with Crippen molar-refractivity contribution in [2.24, 2.45) is 0 Å². The van der Waals surface area contributed by atoms with Gasteiger partial charge in [-0.3, -0.25) is 0 Å². The molecule has 1 aliphatic rings. The average Bonchev–Trinajstić information content (AvgIpc) is 2.95. The molecule has 0 spiro atoms. The van der Waals surface area contributed by atoms with Crippen LogP contribution in [0.4, 0.5) is 10.3 Å². The molecule has 0 atom stereocenters. The van der Waals surface area contributed by atoms with Gasteiger partial charge in [-0.2, -0.15) is 0 Å². The number of nitrogens with one attached hydrogen (secondary N) is 1. The van der Waals surface area contributed by atoms with E-state index >= 15 is 0 Å². The first kappa shape index (κ1) is 9.18. The van der Waals surface area contributed by atoms with Gasteiger partial charge in [0.25, 0.3) is 0 Å². The molecule has 0 aliphatic heterocycles. The topological polar surface area (TPSA) is 47.0 Å². The van der Waals surface area contributed by atoms with E-state index in [9.17, 15) is 4.39 Å². The summed E-state index contributed by atoms with van der Waals surface area (Å²) >= 11 is 0. The molecule has 1 aromatic heterocycles. The minimum absolute atomic E-state index is 0.291. The minimum Gasteiger partial charge on any atom is -0.494 e. The lowest BCUT2D eigenvalue weighted by atomic mass is 10.4. The second-order valence-electron chi connectivity index (χ2n) is 3.45. The van der Waals surface area contributed by atoms with Crippen LogP contribution in [0.25, 0.3) is 0 Å². The van der Waals surface area contributed by atoms with Gasteiger partial charge in [0.1, 0.15) is 5.67 Å². The van der Waals surface area contributed by atoms with Gasteiger partial charge >= 0.3 is 0 Å². The number of hydrogen-bond donors (Lipinski definition) is 1. The second-order valence-corrected chi connectivity index (χ2v) is 3.45. The van der Waals surface area contributed by atoms with Crippen molar-refractivity contribution in [2.75, 3.05) is 19.0 Å². The summed E-state index contributed by atoms with van der Waals surface area (Å²) in [4.78, 5) is 7.93. The summed E-state index contributed by atoms with van der Waals surface area (Å²) < 4.78 is 18.1. The fraction of sp³-hybridized carbons (Fsp3) is 0.556. The Labute approximate surface area is 81.5 Å². The van der Waals surface area contributed by atoms with Crippen molar-refractivity contribution in [2.45, 2.75) is 18.5 Å². The molecule has 76 valence electrons. The first-order chi connectivity index (χ1) is 6.72.